The van der Waals surface area contributed by atoms with Crippen molar-refractivity contribution in [3.63, 3.8) is 0 Å². The minimum Gasteiger partial charge on any atom is -0.492 e. The summed E-state index contributed by atoms with van der Waals surface area (Å²) in [6, 6.07) is 7.01. The molecule has 1 aliphatic heterocycles. The highest BCUT2D eigenvalue weighted by Crippen LogP contribution is 2.22. The molecule has 1 N–H and O–H groups in total. The lowest BCUT2D eigenvalue weighted by Gasteiger charge is -2.31. The molecule has 1 aromatic rings. The molecule has 3 nitrogen and oxygen atoms in total. The summed E-state index contributed by atoms with van der Waals surface area (Å²) in [5.74, 6) is 1.06. The number of hydrogen-bond acceptors (Lipinski definition) is 3. The second-order valence-electron chi connectivity index (χ2n) is 5.47. The van der Waals surface area contributed by atoms with Crippen molar-refractivity contribution < 1.29 is 4.74 Å². The van der Waals surface area contributed by atoms with Crippen molar-refractivity contribution in [1.82, 2.24) is 10.2 Å². The van der Waals surface area contributed by atoms with E-state index >= 15 is 0 Å². The predicted molar refractivity (Wildman–Crippen MR) is 79.9 cm³/mol. The van der Waals surface area contributed by atoms with E-state index in [-0.39, 0.29) is 0 Å². The van der Waals surface area contributed by atoms with E-state index in [0.717, 1.165) is 18.9 Å². The molecule has 0 unspecified atom stereocenters. The van der Waals surface area contributed by atoms with E-state index in [9.17, 15) is 0 Å². The highest BCUT2D eigenvalue weighted by Gasteiger charge is 2.17. The molecule has 1 aliphatic rings. The average molecular weight is 262 g/mol. The van der Waals surface area contributed by atoms with Gasteiger partial charge < -0.3 is 10.1 Å². The molecule has 0 spiro atoms. The fourth-order valence-corrected chi connectivity index (χ4v) is 2.75. The summed E-state index contributed by atoms with van der Waals surface area (Å²) in [4.78, 5) is 2.50. The monoisotopic (exact) mass is 262 g/mol. The van der Waals surface area contributed by atoms with Gasteiger partial charge in [-0.3, -0.25) is 4.90 Å². The molecule has 0 saturated carbocycles. The second kappa shape index (κ2) is 6.92. The minimum absolute atomic E-state index is 0.704. The van der Waals surface area contributed by atoms with Crippen molar-refractivity contribution in [2.75, 3.05) is 33.3 Å². The van der Waals surface area contributed by atoms with Gasteiger partial charge in [0.05, 0.1) is 0 Å². The van der Waals surface area contributed by atoms with Crippen molar-refractivity contribution in [2.45, 2.75) is 32.7 Å². The van der Waals surface area contributed by atoms with Crippen LogP contribution < -0.4 is 10.1 Å². The SMILES string of the molecule is CNC1CCN(CCOc2c(C)cccc2C)CC1. The van der Waals surface area contributed by atoms with Gasteiger partial charge in [0.2, 0.25) is 0 Å². The van der Waals surface area contributed by atoms with Crippen molar-refractivity contribution in [1.29, 1.82) is 0 Å². The molecule has 1 aromatic carbocycles. The molecule has 0 aliphatic carbocycles. The Kier molecular flexibility index (Phi) is 5.23. The number of hydrogen-bond donors (Lipinski definition) is 1. The number of rotatable bonds is 5. The quantitative estimate of drug-likeness (QED) is 0.881. The van der Waals surface area contributed by atoms with Crippen molar-refractivity contribution in [2.24, 2.45) is 0 Å². The van der Waals surface area contributed by atoms with Crippen LogP contribution in [0.5, 0.6) is 5.75 Å². The number of benzene rings is 1. The Morgan fingerprint density at radius 1 is 1.21 bits per heavy atom. The fraction of sp³-hybridized carbons (Fsp3) is 0.625. The van der Waals surface area contributed by atoms with Crippen LogP contribution in [0, 0.1) is 13.8 Å². The predicted octanol–water partition coefficient (Wildman–Crippen LogP) is 2.37. The van der Waals surface area contributed by atoms with Gasteiger partial charge in [-0.2, -0.15) is 0 Å². The van der Waals surface area contributed by atoms with Gasteiger partial charge in [0.1, 0.15) is 12.4 Å². The van der Waals surface area contributed by atoms with Crippen LogP contribution in [0.15, 0.2) is 18.2 Å². The first kappa shape index (κ1) is 14.4. The van der Waals surface area contributed by atoms with E-state index in [2.05, 4.69) is 49.3 Å². The molecule has 3 heteroatoms. The van der Waals surface area contributed by atoms with Crippen LogP contribution in [0.25, 0.3) is 0 Å². The van der Waals surface area contributed by atoms with Crippen LogP contribution in [0.2, 0.25) is 0 Å². The van der Waals surface area contributed by atoms with Gasteiger partial charge in [-0.15, -0.1) is 0 Å². The van der Waals surface area contributed by atoms with Gasteiger partial charge in [-0.25, -0.2) is 0 Å². The lowest BCUT2D eigenvalue weighted by Crippen LogP contribution is -2.42. The zero-order valence-electron chi connectivity index (χ0n) is 12.4. The molecule has 0 amide bonds. The van der Waals surface area contributed by atoms with Crippen LogP contribution in [-0.2, 0) is 0 Å². The van der Waals surface area contributed by atoms with Gasteiger partial charge >= 0.3 is 0 Å². The van der Waals surface area contributed by atoms with E-state index in [1.165, 1.54) is 37.1 Å². The first-order chi connectivity index (χ1) is 9.20. The van der Waals surface area contributed by atoms with Crippen LogP contribution in [0.1, 0.15) is 24.0 Å². The number of piperidine rings is 1. The number of para-hydroxylation sites is 1. The number of likely N-dealkylation sites (tertiary alicyclic amines) is 1. The minimum atomic E-state index is 0.704. The molecule has 1 saturated heterocycles. The first-order valence-electron chi connectivity index (χ1n) is 7.29. The summed E-state index contributed by atoms with van der Waals surface area (Å²) in [6.07, 6.45) is 2.50. The molecule has 0 atom stereocenters. The van der Waals surface area contributed by atoms with E-state index in [0.29, 0.717) is 6.04 Å². The number of aryl methyl sites for hydroxylation is 2. The summed E-state index contributed by atoms with van der Waals surface area (Å²) in [5, 5.41) is 3.36. The maximum absolute atomic E-state index is 5.97. The van der Waals surface area contributed by atoms with Gasteiger partial charge in [-0.1, -0.05) is 18.2 Å². The molecule has 106 valence electrons. The number of ether oxygens (including phenoxy) is 1. The Balaban J connectivity index is 1.75. The van der Waals surface area contributed by atoms with Gasteiger partial charge in [0.25, 0.3) is 0 Å². The Bertz CT molecular complexity index is 377. The molecule has 0 bridgehead atoms. The van der Waals surface area contributed by atoms with Gasteiger partial charge in [-0.05, 0) is 58.0 Å². The van der Waals surface area contributed by atoms with Crippen molar-refractivity contribution in [3.05, 3.63) is 29.3 Å². The van der Waals surface area contributed by atoms with Gasteiger partial charge in [0, 0.05) is 12.6 Å². The average Bonchev–Trinajstić information content (AvgIpc) is 2.43. The third kappa shape index (κ3) is 3.95. The highest BCUT2D eigenvalue weighted by molar-refractivity contribution is 5.39. The second-order valence-corrected chi connectivity index (χ2v) is 5.47. The Labute approximate surface area is 116 Å². The molecular weight excluding hydrogens is 236 g/mol. The van der Waals surface area contributed by atoms with Gasteiger partial charge in [0.15, 0.2) is 0 Å². The van der Waals surface area contributed by atoms with Crippen LogP contribution >= 0.6 is 0 Å². The van der Waals surface area contributed by atoms with Crippen LogP contribution in [0.4, 0.5) is 0 Å². The molecule has 0 radical (unpaired) electrons. The number of nitrogens with zero attached hydrogens (tertiary/aromatic N) is 1. The standard InChI is InChI=1S/C16H26N2O/c1-13-5-4-6-14(2)16(13)19-12-11-18-9-7-15(17-3)8-10-18/h4-6,15,17H,7-12H2,1-3H3. The smallest absolute Gasteiger partial charge is 0.125 e. The Hall–Kier alpha value is -1.06. The van der Waals surface area contributed by atoms with Crippen molar-refractivity contribution >= 4 is 0 Å². The van der Waals surface area contributed by atoms with Crippen LogP contribution in [-0.4, -0.2) is 44.2 Å². The lowest BCUT2D eigenvalue weighted by atomic mass is 10.1. The summed E-state index contributed by atoms with van der Waals surface area (Å²) < 4.78 is 5.97. The Morgan fingerprint density at radius 3 is 2.42 bits per heavy atom. The molecule has 1 heterocycles. The first-order valence-corrected chi connectivity index (χ1v) is 7.29. The van der Waals surface area contributed by atoms with Crippen LogP contribution in [0.3, 0.4) is 0 Å². The largest absolute Gasteiger partial charge is 0.492 e. The van der Waals surface area contributed by atoms with E-state index in [4.69, 9.17) is 4.74 Å². The summed E-state index contributed by atoms with van der Waals surface area (Å²) in [6.45, 7) is 8.41. The lowest BCUT2D eigenvalue weighted by molar-refractivity contribution is 0.166. The Morgan fingerprint density at radius 2 is 1.84 bits per heavy atom. The molecular formula is C16H26N2O. The third-order valence-corrected chi connectivity index (χ3v) is 4.06. The molecule has 19 heavy (non-hydrogen) atoms. The maximum Gasteiger partial charge on any atom is 0.125 e. The van der Waals surface area contributed by atoms with E-state index < -0.39 is 0 Å². The summed E-state index contributed by atoms with van der Waals surface area (Å²) in [5.41, 5.74) is 2.46. The fourth-order valence-electron chi connectivity index (χ4n) is 2.75. The summed E-state index contributed by atoms with van der Waals surface area (Å²) in [7, 11) is 2.06. The third-order valence-electron chi connectivity index (χ3n) is 4.06. The van der Waals surface area contributed by atoms with E-state index in [1.54, 1.807) is 0 Å². The molecule has 0 aromatic heterocycles. The van der Waals surface area contributed by atoms with Crippen molar-refractivity contribution in [3.8, 4) is 5.75 Å². The zero-order chi connectivity index (χ0) is 13.7. The van der Waals surface area contributed by atoms with E-state index in [1.807, 2.05) is 0 Å². The summed E-state index contributed by atoms with van der Waals surface area (Å²) >= 11 is 0. The number of nitrogens with one attached hydrogen (secondary N) is 1. The molecule has 1 fully saturated rings. The maximum atomic E-state index is 5.97. The molecule has 2 rings (SSSR count). The topological polar surface area (TPSA) is 24.5 Å². The highest BCUT2D eigenvalue weighted by atomic mass is 16.5. The zero-order valence-corrected chi connectivity index (χ0v) is 12.4. The normalized spacial score (nSPS) is 17.6.